The van der Waals surface area contributed by atoms with Crippen LogP contribution < -0.4 is 10.2 Å². The van der Waals surface area contributed by atoms with Crippen molar-refractivity contribution in [1.29, 1.82) is 0 Å². The molecule has 1 saturated heterocycles. The minimum atomic E-state index is -0.981. The molecule has 1 fully saturated rings. The second kappa shape index (κ2) is 6.76. The van der Waals surface area contributed by atoms with Crippen molar-refractivity contribution in [3.63, 3.8) is 0 Å². The van der Waals surface area contributed by atoms with Crippen LogP contribution in [0, 0.1) is 0 Å². The molecule has 1 aromatic carbocycles. The average Bonchev–Trinajstić information content (AvgIpc) is 2.94. The molecule has 1 aliphatic rings. The lowest BCUT2D eigenvalue weighted by Crippen LogP contribution is -2.42. The molecule has 5 nitrogen and oxygen atoms in total. The van der Waals surface area contributed by atoms with Gasteiger partial charge in [-0.15, -0.1) is 0 Å². The normalized spacial score (nSPS) is 18.2. The number of nitrogens with zero attached hydrogens (tertiary/aromatic N) is 1. The first-order chi connectivity index (χ1) is 10.0. The van der Waals surface area contributed by atoms with Gasteiger partial charge in [0.2, 0.25) is 5.91 Å². The molecular weight excluding hydrogens is 336 g/mol. The highest BCUT2D eigenvalue weighted by atomic mass is 79.9. The third-order valence-corrected chi connectivity index (χ3v) is 4.21. The van der Waals surface area contributed by atoms with Gasteiger partial charge in [0.15, 0.2) is 0 Å². The van der Waals surface area contributed by atoms with Crippen molar-refractivity contribution in [1.82, 2.24) is 5.32 Å². The van der Waals surface area contributed by atoms with Crippen molar-refractivity contribution in [2.45, 2.75) is 18.9 Å². The van der Waals surface area contributed by atoms with Crippen LogP contribution in [-0.4, -0.2) is 36.6 Å². The summed E-state index contributed by atoms with van der Waals surface area (Å²) in [4.78, 5) is 24.5. The van der Waals surface area contributed by atoms with Crippen LogP contribution in [0.4, 0.5) is 5.69 Å². The fourth-order valence-electron chi connectivity index (χ4n) is 2.51. The van der Waals surface area contributed by atoms with Crippen molar-refractivity contribution in [2.75, 3.05) is 18.5 Å². The quantitative estimate of drug-likeness (QED) is 0.815. The molecule has 0 aromatic heterocycles. The number of carboxylic acid groups (broad SMARTS) is 1. The maximum absolute atomic E-state index is 11.9. The first-order valence-corrected chi connectivity index (χ1v) is 7.51. The topological polar surface area (TPSA) is 69.6 Å². The molecule has 1 heterocycles. The number of nitrogens with one attached hydrogen (secondary N) is 1. The van der Waals surface area contributed by atoms with Crippen LogP contribution in [0.25, 0.3) is 6.08 Å². The molecule has 1 atom stereocenters. The molecule has 0 bridgehead atoms. The predicted molar refractivity (Wildman–Crippen MR) is 85.2 cm³/mol. The summed E-state index contributed by atoms with van der Waals surface area (Å²) in [7, 11) is 1.65. The average molecular weight is 353 g/mol. The van der Waals surface area contributed by atoms with E-state index in [0.29, 0.717) is 0 Å². The minimum absolute atomic E-state index is 0.0264. The van der Waals surface area contributed by atoms with Crippen LogP contribution in [-0.2, 0) is 9.59 Å². The van der Waals surface area contributed by atoms with E-state index in [4.69, 9.17) is 5.11 Å². The number of hydrogen-bond acceptors (Lipinski definition) is 3. The number of hydrogen-bond donors (Lipinski definition) is 2. The second-order valence-corrected chi connectivity index (χ2v) is 5.70. The number of likely N-dealkylation sites (N-methyl/N-ethyl adjacent to an activating group) is 1. The maximum atomic E-state index is 11.9. The highest BCUT2D eigenvalue weighted by molar-refractivity contribution is 9.10. The third kappa shape index (κ3) is 3.64. The van der Waals surface area contributed by atoms with Gasteiger partial charge in [0.25, 0.3) is 0 Å². The Morgan fingerprint density at radius 1 is 1.48 bits per heavy atom. The Balaban J connectivity index is 2.23. The van der Waals surface area contributed by atoms with E-state index in [1.807, 2.05) is 18.2 Å². The van der Waals surface area contributed by atoms with Gasteiger partial charge in [-0.2, -0.15) is 0 Å². The SMILES string of the molecule is CNC(=O)C1CCCN1c1ccc(/C=C/C(=O)O)c(Br)c1. The summed E-state index contributed by atoms with van der Waals surface area (Å²) >= 11 is 3.45. The number of halogens is 1. The Morgan fingerprint density at radius 3 is 2.86 bits per heavy atom. The molecule has 0 spiro atoms. The van der Waals surface area contributed by atoms with Crippen LogP contribution in [0.1, 0.15) is 18.4 Å². The molecule has 6 heteroatoms. The van der Waals surface area contributed by atoms with Gasteiger partial charge < -0.3 is 15.3 Å². The van der Waals surface area contributed by atoms with Gasteiger partial charge in [-0.1, -0.05) is 22.0 Å². The van der Waals surface area contributed by atoms with Crippen molar-refractivity contribution >= 4 is 39.6 Å². The second-order valence-electron chi connectivity index (χ2n) is 4.84. The van der Waals surface area contributed by atoms with Gasteiger partial charge in [-0.25, -0.2) is 4.79 Å². The summed E-state index contributed by atoms with van der Waals surface area (Å²) in [5, 5.41) is 11.4. The number of anilines is 1. The first-order valence-electron chi connectivity index (χ1n) is 6.71. The highest BCUT2D eigenvalue weighted by Gasteiger charge is 2.30. The Morgan fingerprint density at radius 2 is 2.24 bits per heavy atom. The van der Waals surface area contributed by atoms with E-state index in [9.17, 15) is 9.59 Å². The summed E-state index contributed by atoms with van der Waals surface area (Å²) < 4.78 is 0.806. The van der Waals surface area contributed by atoms with E-state index in [2.05, 4.69) is 26.1 Å². The van der Waals surface area contributed by atoms with E-state index in [1.165, 1.54) is 6.08 Å². The molecule has 0 radical (unpaired) electrons. The lowest BCUT2D eigenvalue weighted by Gasteiger charge is -2.25. The van der Waals surface area contributed by atoms with E-state index in [-0.39, 0.29) is 11.9 Å². The van der Waals surface area contributed by atoms with Gasteiger partial charge in [-0.05, 0) is 36.6 Å². The molecule has 0 aliphatic carbocycles. The Bertz CT molecular complexity index is 586. The third-order valence-electron chi connectivity index (χ3n) is 3.52. The Hall–Kier alpha value is -1.82. The highest BCUT2D eigenvalue weighted by Crippen LogP contribution is 2.30. The van der Waals surface area contributed by atoms with E-state index >= 15 is 0 Å². The smallest absolute Gasteiger partial charge is 0.328 e. The summed E-state index contributed by atoms with van der Waals surface area (Å²) in [5.74, 6) is -0.955. The van der Waals surface area contributed by atoms with Crippen molar-refractivity contribution in [2.24, 2.45) is 0 Å². The van der Waals surface area contributed by atoms with Crippen LogP contribution in [0.15, 0.2) is 28.7 Å². The summed E-state index contributed by atoms with van der Waals surface area (Å²) in [6.45, 7) is 0.842. The van der Waals surface area contributed by atoms with Gasteiger partial charge in [-0.3, -0.25) is 4.79 Å². The molecule has 2 N–H and O–H groups in total. The number of benzene rings is 1. The lowest BCUT2D eigenvalue weighted by atomic mass is 10.1. The monoisotopic (exact) mass is 352 g/mol. The standard InChI is InChI=1S/C15H17BrN2O3/c1-17-15(21)13-3-2-8-18(13)11-6-4-10(12(16)9-11)5-7-14(19)20/h4-7,9,13H,2-3,8H2,1H3,(H,17,21)(H,19,20)/b7-5+. The Kier molecular flexibility index (Phi) is 5.01. The fraction of sp³-hybridized carbons (Fsp3) is 0.333. The van der Waals surface area contributed by atoms with Crippen molar-refractivity contribution in [3.8, 4) is 0 Å². The van der Waals surface area contributed by atoms with Crippen LogP contribution in [0.2, 0.25) is 0 Å². The van der Waals surface area contributed by atoms with E-state index in [1.54, 1.807) is 7.05 Å². The minimum Gasteiger partial charge on any atom is -0.478 e. The fourth-order valence-corrected chi connectivity index (χ4v) is 3.00. The summed E-state index contributed by atoms with van der Waals surface area (Å²) in [6.07, 6.45) is 4.47. The molecule has 1 aromatic rings. The molecule has 0 saturated carbocycles. The summed E-state index contributed by atoms with van der Waals surface area (Å²) in [5.41, 5.74) is 1.75. The zero-order valence-electron chi connectivity index (χ0n) is 11.7. The number of aliphatic carboxylic acids is 1. The molecule has 21 heavy (non-hydrogen) atoms. The van der Waals surface area contributed by atoms with Gasteiger partial charge in [0, 0.05) is 29.8 Å². The largest absolute Gasteiger partial charge is 0.478 e. The summed E-state index contributed by atoms with van der Waals surface area (Å²) in [6, 6.07) is 5.54. The lowest BCUT2D eigenvalue weighted by molar-refractivity contribution is -0.131. The molecule has 112 valence electrons. The van der Waals surface area contributed by atoms with Gasteiger partial charge in [0.05, 0.1) is 0 Å². The molecule has 1 amide bonds. The van der Waals surface area contributed by atoms with E-state index < -0.39 is 5.97 Å². The number of amides is 1. The predicted octanol–water partition coefficient (Wildman–Crippen LogP) is 2.26. The molecule has 2 rings (SSSR count). The number of rotatable bonds is 4. The van der Waals surface area contributed by atoms with Crippen LogP contribution >= 0.6 is 15.9 Å². The number of carbonyl (C=O) groups is 2. The van der Waals surface area contributed by atoms with Crippen molar-refractivity contribution in [3.05, 3.63) is 34.3 Å². The van der Waals surface area contributed by atoms with Crippen LogP contribution in [0.5, 0.6) is 0 Å². The number of carbonyl (C=O) groups excluding carboxylic acids is 1. The van der Waals surface area contributed by atoms with Crippen molar-refractivity contribution < 1.29 is 14.7 Å². The molecule has 1 aliphatic heterocycles. The zero-order chi connectivity index (χ0) is 15.4. The first kappa shape index (κ1) is 15.6. The zero-order valence-corrected chi connectivity index (χ0v) is 13.3. The van der Waals surface area contributed by atoms with Crippen LogP contribution in [0.3, 0.4) is 0 Å². The van der Waals surface area contributed by atoms with Gasteiger partial charge in [0.1, 0.15) is 6.04 Å². The maximum Gasteiger partial charge on any atom is 0.328 e. The van der Waals surface area contributed by atoms with E-state index in [0.717, 1.165) is 41.2 Å². The van der Waals surface area contributed by atoms with Gasteiger partial charge >= 0.3 is 5.97 Å². The molecular formula is C15H17BrN2O3. The Labute approximate surface area is 131 Å². The number of carboxylic acids is 1. The molecule has 1 unspecified atom stereocenters.